The molecule has 2 aromatic rings. The van der Waals surface area contributed by atoms with Crippen molar-refractivity contribution in [1.82, 2.24) is 5.01 Å². The van der Waals surface area contributed by atoms with E-state index in [9.17, 15) is 0 Å². The number of hydrogen-bond acceptors (Lipinski definition) is 2. The van der Waals surface area contributed by atoms with Crippen molar-refractivity contribution in [3.05, 3.63) is 65.7 Å². The molecular weight excluding hydrogens is 312 g/mol. The van der Waals surface area contributed by atoms with Crippen LogP contribution in [0.1, 0.15) is 11.1 Å². The molecule has 0 saturated carbocycles. The molecule has 0 aromatic heterocycles. The summed E-state index contributed by atoms with van der Waals surface area (Å²) in [5, 5.41) is 3.76. The highest BCUT2D eigenvalue weighted by molar-refractivity contribution is 7.80. The minimum absolute atomic E-state index is 0.189. The number of anilines is 1. The van der Waals surface area contributed by atoms with Crippen LogP contribution in [0.4, 0.5) is 5.69 Å². The lowest BCUT2D eigenvalue weighted by Crippen LogP contribution is -2.53. The van der Waals surface area contributed by atoms with Crippen molar-refractivity contribution in [1.29, 1.82) is 0 Å². The molecule has 6 heteroatoms. The highest BCUT2D eigenvalue weighted by atomic mass is 32.1. The maximum atomic E-state index is 5.91. The van der Waals surface area contributed by atoms with Crippen molar-refractivity contribution in [2.75, 3.05) is 5.01 Å². The Balaban J connectivity index is 2.38. The van der Waals surface area contributed by atoms with Gasteiger partial charge in [0, 0.05) is 0 Å². The van der Waals surface area contributed by atoms with E-state index in [2.05, 4.69) is 0 Å². The lowest BCUT2D eigenvalue weighted by Gasteiger charge is -2.35. The fourth-order valence-corrected chi connectivity index (χ4v) is 2.50. The predicted octanol–water partition coefficient (Wildman–Crippen LogP) is 2.71. The van der Waals surface area contributed by atoms with Crippen LogP contribution >= 0.6 is 24.4 Å². The van der Waals surface area contributed by atoms with Crippen LogP contribution in [0.2, 0.25) is 0 Å². The first-order valence-electron chi connectivity index (χ1n) is 6.76. The summed E-state index contributed by atoms with van der Waals surface area (Å²) in [6.45, 7) is 2.49. The molecule has 0 unspecified atom stereocenters. The average Bonchev–Trinajstić information content (AvgIpc) is 2.47. The number of thiocarbonyl (C=S) groups is 2. The number of hydrogen-bond donors (Lipinski definition) is 2. The Kier molecular flexibility index (Phi) is 5.30. The molecule has 2 aromatic carbocycles. The maximum Gasteiger partial charge on any atom is 0.190 e. The van der Waals surface area contributed by atoms with Crippen molar-refractivity contribution in [2.45, 2.75) is 13.5 Å². The molecule has 0 aliphatic carbocycles. The van der Waals surface area contributed by atoms with Gasteiger partial charge in [0.1, 0.15) is 0 Å². The van der Waals surface area contributed by atoms with E-state index in [1.54, 1.807) is 10.0 Å². The summed E-state index contributed by atoms with van der Waals surface area (Å²) >= 11 is 10.4. The zero-order chi connectivity index (χ0) is 16.1. The standard InChI is InChI=1S/C16H18N4S2/c1-12-6-5-9-14(10-12)20(16(18)22)19(15(17)21)11-13-7-3-2-4-8-13/h2-10H,11H2,1H3,(H2,17,21)(H2,18,22). The second kappa shape index (κ2) is 7.20. The minimum atomic E-state index is 0.189. The van der Waals surface area contributed by atoms with Crippen molar-refractivity contribution >= 4 is 40.3 Å². The van der Waals surface area contributed by atoms with Gasteiger partial charge in [-0.25, -0.2) is 10.0 Å². The van der Waals surface area contributed by atoms with Crippen LogP contribution < -0.4 is 16.5 Å². The van der Waals surface area contributed by atoms with Gasteiger partial charge in [-0.15, -0.1) is 0 Å². The van der Waals surface area contributed by atoms with Gasteiger partial charge in [0.2, 0.25) is 0 Å². The van der Waals surface area contributed by atoms with Gasteiger partial charge in [0.05, 0.1) is 12.2 Å². The van der Waals surface area contributed by atoms with E-state index in [0.29, 0.717) is 6.54 Å². The number of benzene rings is 2. The van der Waals surface area contributed by atoms with Gasteiger partial charge >= 0.3 is 0 Å². The van der Waals surface area contributed by atoms with Crippen LogP contribution in [0, 0.1) is 6.92 Å². The molecule has 0 atom stereocenters. The smallest absolute Gasteiger partial charge is 0.190 e. The minimum Gasteiger partial charge on any atom is -0.375 e. The molecule has 0 radical (unpaired) electrons. The third-order valence-electron chi connectivity index (χ3n) is 3.13. The number of hydrazine groups is 1. The predicted molar refractivity (Wildman–Crippen MR) is 99.2 cm³/mol. The number of nitrogens with two attached hydrogens (primary N) is 2. The van der Waals surface area contributed by atoms with Crippen LogP contribution in [0.5, 0.6) is 0 Å². The third kappa shape index (κ3) is 3.93. The molecule has 114 valence electrons. The normalized spacial score (nSPS) is 10.0. The Labute approximate surface area is 141 Å². The van der Waals surface area contributed by atoms with Crippen LogP contribution in [-0.4, -0.2) is 15.2 Å². The van der Waals surface area contributed by atoms with Gasteiger partial charge in [-0.2, -0.15) is 0 Å². The Hall–Kier alpha value is -2.18. The van der Waals surface area contributed by atoms with Crippen LogP contribution in [0.25, 0.3) is 0 Å². The van der Waals surface area contributed by atoms with Gasteiger partial charge < -0.3 is 11.5 Å². The second-order valence-corrected chi connectivity index (χ2v) is 5.71. The topological polar surface area (TPSA) is 58.5 Å². The summed E-state index contributed by atoms with van der Waals surface area (Å²) in [4.78, 5) is 0. The van der Waals surface area contributed by atoms with Crippen LogP contribution in [-0.2, 0) is 6.54 Å². The maximum absolute atomic E-state index is 5.91. The molecule has 22 heavy (non-hydrogen) atoms. The van der Waals surface area contributed by atoms with E-state index in [0.717, 1.165) is 16.8 Å². The molecular formula is C16H18N4S2. The number of aryl methyl sites for hydroxylation is 1. The summed E-state index contributed by atoms with van der Waals surface area (Å²) in [6.07, 6.45) is 0. The van der Waals surface area contributed by atoms with Gasteiger partial charge in [-0.1, -0.05) is 42.5 Å². The average molecular weight is 330 g/mol. The SMILES string of the molecule is Cc1cccc(N(C(N)=S)N(Cc2ccccc2)C(N)=S)c1. The lowest BCUT2D eigenvalue weighted by molar-refractivity contribution is 0.435. The molecule has 0 aliphatic rings. The lowest BCUT2D eigenvalue weighted by atomic mass is 10.2. The summed E-state index contributed by atoms with van der Waals surface area (Å²) < 4.78 is 0. The quantitative estimate of drug-likeness (QED) is 0.667. The van der Waals surface area contributed by atoms with E-state index in [-0.39, 0.29) is 10.2 Å². The first-order chi connectivity index (χ1) is 10.5. The fourth-order valence-electron chi connectivity index (χ4n) is 2.15. The monoisotopic (exact) mass is 330 g/mol. The highest BCUT2D eigenvalue weighted by Crippen LogP contribution is 2.20. The van der Waals surface area contributed by atoms with Gasteiger partial charge in [0.25, 0.3) is 0 Å². The van der Waals surface area contributed by atoms with Gasteiger partial charge in [0.15, 0.2) is 10.2 Å². The van der Waals surface area contributed by atoms with E-state index in [1.807, 2.05) is 61.5 Å². The number of rotatable bonds is 3. The highest BCUT2D eigenvalue weighted by Gasteiger charge is 2.20. The Morgan fingerprint density at radius 2 is 1.64 bits per heavy atom. The summed E-state index contributed by atoms with van der Waals surface area (Å²) in [6, 6.07) is 17.7. The van der Waals surface area contributed by atoms with Crippen LogP contribution in [0.3, 0.4) is 0 Å². The molecule has 0 heterocycles. The van der Waals surface area contributed by atoms with E-state index in [4.69, 9.17) is 35.9 Å². The molecule has 0 amide bonds. The summed E-state index contributed by atoms with van der Waals surface area (Å²) in [5.74, 6) is 0. The van der Waals surface area contributed by atoms with Crippen molar-refractivity contribution < 1.29 is 0 Å². The molecule has 0 fully saturated rings. The van der Waals surface area contributed by atoms with Gasteiger partial charge in [-0.05, 0) is 54.6 Å². The van der Waals surface area contributed by atoms with Crippen LogP contribution in [0.15, 0.2) is 54.6 Å². The molecule has 4 nitrogen and oxygen atoms in total. The second-order valence-electron chi connectivity index (χ2n) is 4.87. The summed E-state index contributed by atoms with van der Waals surface area (Å²) in [7, 11) is 0. The first-order valence-corrected chi connectivity index (χ1v) is 7.57. The Morgan fingerprint density at radius 1 is 0.955 bits per heavy atom. The zero-order valence-electron chi connectivity index (χ0n) is 12.3. The molecule has 4 N–H and O–H groups in total. The van der Waals surface area contributed by atoms with Gasteiger partial charge in [-0.3, -0.25) is 0 Å². The third-order valence-corrected chi connectivity index (χ3v) is 3.51. The molecule has 2 rings (SSSR count). The Bertz CT molecular complexity index is 673. The largest absolute Gasteiger partial charge is 0.375 e. The Morgan fingerprint density at radius 3 is 2.18 bits per heavy atom. The molecule has 0 aliphatic heterocycles. The number of nitrogens with zero attached hydrogens (tertiary/aromatic N) is 2. The zero-order valence-corrected chi connectivity index (χ0v) is 13.9. The van der Waals surface area contributed by atoms with E-state index < -0.39 is 0 Å². The van der Waals surface area contributed by atoms with E-state index in [1.165, 1.54) is 0 Å². The molecule has 0 bridgehead atoms. The fraction of sp³-hybridized carbons (Fsp3) is 0.125. The van der Waals surface area contributed by atoms with Crippen molar-refractivity contribution in [3.8, 4) is 0 Å². The molecule has 0 spiro atoms. The summed E-state index contributed by atoms with van der Waals surface area (Å²) in [5.41, 5.74) is 14.8. The van der Waals surface area contributed by atoms with Crippen molar-refractivity contribution in [3.63, 3.8) is 0 Å². The van der Waals surface area contributed by atoms with E-state index >= 15 is 0 Å². The van der Waals surface area contributed by atoms with Crippen molar-refractivity contribution in [2.24, 2.45) is 11.5 Å². The molecule has 0 saturated heterocycles. The first kappa shape index (κ1) is 16.2.